The van der Waals surface area contributed by atoms with E-state index in [2.05, 4.69) is 25.6 Å². The maximum Gasteiger partial charge on any atom is 0.322 e. The molecule has 0 saturated heterocycles. The van der Waals surface area contributed by atoms with Crippen LogP contribution in [0.1, 0.15) is 26.7 Å². The van der Waals surface area contributed by atoms with Gasteiger partial charge in [0.1, 0.15) is 0 Å². The molecular weight excluding hydrogens is 234 g/mol. The highest BCUT2D eigenvalue weighted by Crippen LogP contribution is 2.12. The Balaban J connectivity index is 2.71. The summed E-state index contributed by atoms with van der Waals surface area (Å²) in [5.41, 5.74) is 0. The van der Waals surface area contributed by atoms with E-state index < -0.39 is 0 Å². The number of aliphatic hydroxyl groups excluding tert-OH is 1. The molecule has 3 N–H and O–H groups in total. The normalized spacial score (nSPS) is 12.0. The maximum absolute atomic E-state index is 8.78. The molecule has 1 heterocycles. The van der Waals surface area contributed by atoms with Crippen molar-refractivity contribution in [1.82, 2.24) is 15.0 Å². The lowest BCUT2D eigenvalue weighted by Crippen LogP contribution is -2.18. The Morgan fingerprint density at radius 2 is 2.00 bits per heavy atom. The summed E-state index contributed by atoms with van der Waals surface area (Å²) < 4.78 is 5.02. The number of nitrogens with one attached hydrogen (secondary N) is 2. The number of hydrogen-bond acceptors (Lipinski definition) is 7. The molecule has 0 aliphatic heterocycles. The average molecular weight is 255 g/mol. The van der Waals surface area contributed by atoms with Gasteiger partial charge in [0.2, 0.25) is 11.9 Å². The molecule has 0 fully saturated rings. The lowest BCUT2D eigenvalue weighted by molar-refractivity contribution is 0.282. The second-order valence-electron chi connectivity index (χ2n) is 3.91. The third kappa shape index (κ3) is 4.70. The average Bonchev–Trinajstić information content (AvgIpc) is 2.36. The molecule has 1 rings (SSSR count). The number of ether oxygens (including phenoxy) is 1. The van der Waals surface area contributed by atoms with Crippen molar-refractivity contribution in [3.05, 3.63) is 0 Å². The minimum Gasteiger partial charge on any atom is -0.467 e. The molecule has 0 aliphatic carbocycles. The van der Waals surface area contributed by atoms with Crippen LogP contribution in [0.3, 0.4) is 0 Å². The van der Waals surface area contributed by atoms with E-state index in [0.717, 1.165) is 19.4 Å². The number of aliphatic hydroxyl groups is 1. The first kappa shape index (κ1) is 14.4. The molecule has 1 aromatic heterocycles. The molecule has 0 bridgehead atoms. The van der Waals surface area contributed by atoms with Crippen molar-refractivity contribution in [2.45, 2.75) is 32.7 Å². The molecule has 0 aliphatic rings. The standard InChI is InChI=1S/C11H21N5O2/c1-4-12-9-14-10(16-11(15-9)18-3)13-8(2)6-5-7-17/h8,17H,4-7H2,1-3H3,(H2,12,13,14,15,16). The minimum absolute atomic E-state index is 0.179. The molecule has 0 saturated carbocycles. The molecule has 0 aromatic carbocycles. The summed E-state index contributed by atoms with van der Waals surface area (Å²) in [6, 6.07) is 0.455. The van der Waals surface area contributed by atoms with Crippen LogP contribution in [-0.4, -0.2) is 46.4 Å². The van der Waals surface area contributed by atoms with Crippen LogP contribution in [0.4, 0.5) is 11.9 Å². The monoisotopic (exact) mass is 255 g/mol. The minimum atomic E-state index is 0.179. The number of rotatable bonds is 8. The fourth-order valence-corrected chi connectivity index (χ4v) is 1.44. The summed E-state index contributed by atoms with van der Waals surface area (Å²) in [4.78, 5) is 12.4. The van der Waals surface area contributed by atoms with Crippen LogP contribution in [0.5, 0.6) is 6.01 Å². The predicted octanol–water partition coefficient (Wildman–Crippen LogP) is 0.885. The smallest absolute Gasteiger partial charge is 0.322 e. The topological polar surface area (TPSA) is 92.2 Å². The zero-order valence-corrected chi connectivity index (χ0v) is 11.1. The second kappa shape index (κ2) is 7.65. The molecule has 0 radical (unpaired) electrons. The van der Waals surface area contributed by atoms with E-state index in [1.165, 1.54) is 7.11 Å². The van der Waals surface area contributed by atoms with Gasteiger partial charge in [-0.15, -0.1) is 0 Å². The van der Waals surface area contributed by atoms with Gasteiger partial charge in [-0.05, 0) is 26.7 Å². The van der Waals surface area contributed by atoms with E-state index in [0.29, 0.717) is 11.9 Å². The zero-order chi connectivity index (χ0) is 13.4. The van der Waals surface area contributed by atoms with Gasteiger partial charge in [0.15, 0.2) is 0 Å². The number of anilines is 2. The third-order valence-corrected chi connectivity index (χ3v) is 2.30. The molecule has 7 nitrogen and oxygen atoms in total. The Hall–Kier alpha value is -1.63. The predicted molar refractivity (Wildman–Crippen MR) is 69.9 cm³/mol. The van der Waals surface area contributed by atoms with Crippen LogP contribution < -0.4 is 15.4 Å². The summed E-state index contributed by atoms with van der Waals surface area (Å²) >= 11 is 0. The highest BCUT2D eigenvalue weighted by molar-refractivity contribution is 5.36. The van der Waals surface area contributed by atoms with Gasteiger partial charge in [-0.25, -0.2) is 0 Å². The van der Waals surface area contributed by atoms with E-state index in [9.17, 15) is 0 Å². The lowest BCUT2D eigenvalue weighted by atomic mass is 10.2. The van der Waals surface area contributed by atoms with Crippen molar-refractivity contribution in [3.8, 4) is 6.01 Å². The van der Waals surface area contributed by atoms with Crippen LogP contribution in [0.15, 0.2) is 0 Å². The van der Waals surface area contributed by atoms with Crippen LogP contribution in [0.2, 0.25) is 0 Å². The Bertz CT molecular complexity index is 361. The van der Waals surface area contributed by atoms with Gasteiger partial charge in [0.05, 0.1) is 7.11 Å². The van der Waals surface area contributed by atoms with Gasteiger partial charge in [-0.2, -0.15) is 15.0 Å². The fourth-order valence-electron chi connectivity index (χ4n) is 1.44. The molecular formula is C11H21N5O2. The summed E-state index contributed by atoms with van der Waals surface area (Å²) in [6.45, 7) is 4.90. The summed E-state index contributed by atoms with van der Waals surface area (Å²) in [6.07, 6.45) is 1.59. The quantitative estimate of drug-likeness (QED) is 0.635. The molecule has 18 heavy (non-hydrogen) atoms. The van der Waals surface area contributed by atoms with Crippen LogP contribution >= 0.6 is 0 Å². The van der Waals surface area contributed by atoms with Crippen molar-refractivity contribution < 1.29 is 9.84 Å². The van der Waals surface area contributed by atoms with Gasteiger partial charge < -0.3 is 20.5 Å². The van der Waals surface area contributed by atoms with Crippen molar-refractivity contribution in [2.75, 3.05) is 30.9 Å². The molecule has 0 amide bonds. The Morgan fingerprint density at radius 3 is 2.61 bits per heavy atom. The van der Waals surface area contributed by atoms with Crippen LogP contribution in [0, 0.1) is 0 Å². The Labute approximate surface area is 107 Å². The second-order valence-corrected chi connectivity index (χ2v) is 3.91. The molecule has 7 heteroatoms. The van der Waals surface area contributed by atoms with Crippen LogP contribution in [-0.2, 0) is 0 Å². The number of nitrogens with zero attached hydrogens (tertiary/aromatic N) is 3. The Morgan fingerprint density at radius 1 is 1.28 bits per heavy atom. The van der Waals surface area contributed by atoms with Gasteiger partial charge >= 0.3 is 6.01 Å². The first-order valence-corrected chi connectivity index (χ1v) is 6.11. The first-order chi connectivity index (χ1) is 8.69. The molecule has 0 spiro atoms. The highest BCUT2D eigenvalue weighted by atomic mass is 16.5. The zero-order valence-electron chi connectivity index (χ0n) is 11.1. The number of hydrogen-bond donors (Lipinski definition) is 3. The summed E-state index contributed by atoms with van der Waals surface area (Å²) in [5, 5.41) is 15.0. The molecule has 1 unspecified atom stereocenters. The van der Waals surface area contributed by atoms with Crippen molar-refractivity contribution >= 4 is 11.9 Å². The third-order valence-electron chi connectivity index (χ3n) is 2.30. The Kier molecular flexibility index (Phi) is 6.13. The summed E-state index contributed by atoms with van der Waals surface area (Å²) in [5.74, 6) is 0.962. The fraction of sp³-hybridized carbons (Fsp3) is 0.727. The first-order valence-electron chi connectivity index (χ1n) is 6.11. The lowest BCUT2D eigenvalue weighted by Gasteiger charge is -2.14. The van der Waals surface area contributed by atoms with Crippen LogP contribution in [0.25, 0.3) is 0 Å². The SMILES string of the molecule is CCNc1nc(NC(C)CCCO)nc(OC)n1. The summed E-state index contributed by atoms with van der Waals surface area (Å²) in [7, 11) is 1.52. The van der Waals surface area contributed by atoms with Gasteiger partial charge in [-0.1, -0.05) is 0 Å². The van der Waals surface area contributed by atoms with Crippen molar-refractivity contribution in [3.63, 3.8) is 0 Å². The van der Waals surface area contributed by atoms with Gasteiger partial charge in [-0.3, -0.25) is 0 Å². The van der Waals surface area contributed by atoms with E-state index in [1.54, 1.807) is 0 Å². The van der Waals surface area contributed by atoms with E-state index in [1.807, 2.05) is 13.8 Å². The molecule has 1 aromatic rings. The van der Waals surface area contributed by atoms with Crippen molar-refractivity contribution in [2.24, 2.45) is 0 Å². The molecule has 102 valence electrons. The van der Waals surface area contributed by atoms with Gasteiger partial charge in [0.25, 0.3) is 0 Å². The van der Waals surface area contributed by atoms with Crippen molar-refractivity contribution in [1.29, 1.82) is 0 Å². The number of methoxy groups -OCH3 is 1. The highest BCUT2D eigenvalue weighted by Gasteiger charge is 2.08. The van der Waals surface area contributed by atoms with Gasteiger partial charge in [0, 0.05) is 19.2 Å². The van der Waals surface area contributed by atoms with E-state index in [4.69, 9.17) is 9.84 Å². The largest absolute Gasteiger partial charge is 0.467 e. The van der Waals surface area contributed by atoms with E-state index >= 15 is 0 Å². The number of aromatic nitrogens is 3. The molecule has 1 atom stereocenters. The van der Waals surface area contributed by atoms with E-state index in [-0.39, 0.29) is 18.7 Å². The maximum atomic E-state index is 8.78.